The number of benzene rings is 1. The Morgan fingerprint density at radius 2 is 1.62 bits per heavy atom. The molecule has 2 atom stereocenters. The third kappa shape index (κ3) is 6.43. The fourth-order valence-corrected chi connectivity index (χ4v) is 4.50. The van der Waals surface area contributed by atoms with Crippen LogP contribution in [0.2, 0.25) is 0 Å². The molecule has 3 aliphatic heterocycles. The number of allylic oxidation sites excluding steroid dienone is 2. The summed E-state index contributed by atoms with van der Waals surface area (Å²) in [6.07, 6.45) is 11.3. The van der Waals surface area contributed by atoms with Crippen LogP contribution in [0.25, 0.3) is 0 Å². The van der Waals surface area contributed by atoms with Gasteiger partial charge >= 0.3 is 0 Å². The van der Waals surface area contributed by atoms with Crippen LogP contribution in [0, 0.1) is 5.92 Å². The van der Waals surface area contributed by atoms with Gasteiger partial charge in [0.05, 0.1) is 6.04 Å². The van der Waals surface area contributed by atoms with Crippen molar-refractivity contribution in [2.75, 3.05) is 19.6 Å². The van der Waals surface area contributed by atoms with E-state index in [0.29, 0.717) is 25.3 Å². The van der Waals surface area contributed by atoms with E-state index in [4.69, 9.17) is 5.73 Å². The molecule has 5 heteroatoms. The molecule has 0 saturated carbocycles. The van der Waals surface area contributed by atoms with Crippen molar-refractivity contribution in [3.05, 3.63) is 48.0 Å². The minimum Gasteiger partial charge on any atom is -0.354 e. The maximum atomic E-state index is 12.5. The molecule has 2 bridgehead atoms. The molecule has 3 N–H and O–H groups in total. The Morgan fingerprint density at radius 3 is 2.34 bits per heavy atom. The predicted octanol–water partition coefficient (Wildman–Crippen LogP) is 3.36. The van der Waals surface area contributed by atoms with Crippen LogP contribution in [0.1, 0.15) is 62.8 Å². The van der Waals surface area contributed by atoms with Gasteiger partial charge < -0.3 is 16.0 Å². The highest BCUT2D eigenvalue weighted by molar-refractivity contribution is 5.81. The van der Waals surface area contributed by atoms with E-state index in [2.05, 4.69) is 41.7 Å². The second-order valence-electron chi connectivity index (χ2n) is 8.38. The standard InChI is InChI=1S/C24H35N3O2/c25-22-12-8-3-1-2-4-9-13-23(28)27-16-14-20(15-17-27)21(18-26-24(22)29)19-10-6-5-7-11-19/h1-2,5-7,10-11,20-22H,3-4,8-9,12-18,25H2,(H,26,29)/b2-1-. The molecular weight excluding hydrogens is 362 g/mol. The molecule has 29 heavy (non-hydrogen) atoms. The highest BCUT2D eigenvalue weighted by Crippen LogP contribution is 2.32. The molecule has 1 aromatic rings. The van der Waals surface area contributed by atoms with Crippen LogP contribution in [-0.2, 0) is 9.59 Å². The zero-order valence-corrected chi connectivity index (χ0v) is 17.4. The van der Waals surface area contributed by atoms with Gasteiger partial charge in [0.1, 0.15) is 0 Å². The molecule has 5 nitrogen and oxygen atoms in total. The summed E-state index contributed by atoms with van der Waals surface area (Å²) in [4.78, 5) is 27.1. The second kappa shape index (κ2) is 11.1. The van der Waals surface area contributed by atoms with Gasteiger partial charge in [-0.1, -0.05) is 42.5 Å². The molecule has 3 aliphatic rings. The third-order valence-electron chi connectivity index (χ3n) is 6.34. The molecule has 4 rings (SSSR count). The first kappa shape index (κ1) is 21.6. The Morgan fingerprint density at radius 1 is 0.931 bits per heavy atom. The molecule has 0 spiro atoms. The van der Waals surface area contributed by atoms with Gasteiger partial charge in [0.25, 0.3) is 0 Å². The first-order valence-electron chi connectivity index (χ1n) is 11.2. The average molecular weight is 398 g/mol. The summed E-state index contributed by atoms with van der Waals surface area (Å²) in [5.41, 5.74) is 7.38. The highest BCUT2D eigenvalue weighted by atomic mass is 16.2. The van der Waals surface area contributed by atoms with Gasteiger partial charge in [0.2, 0.25) is 11.8 Å². The topological polar surface area (TPSA) is 75.4 Å². The van der Waals surface area contributed by atoms with Gasteiger partial charge in [-0.25, -0.2) is 0 Å². The highest BCUT2D eigenvalue weighted by Gasteiger charge is 2.30. The fourth-order valence-electron chi connectivity index (χ4n) is 4.50. The zero-order valence-electron chi connectivity index (χ0n) is 17.4. The SMILES string of the molecule is NC1CCC/C=C\CCCC(=O)N2CCC(CC2)C(c2ccccc2)CNC1=O. The van der Waals surface area contributed by atoms with Crippen LogP contribution in [0.4, 0.5) is 0 Å². The van der Waals surface area contributed by atoms with Crippen molar-refractivity contribution in [3.8, 4) is 0 Å². The van der Waals surface area contributed by atoms with E-state index >= 15 is 0 Å². The molecule has 1 saturated heterocycles. The van der Waals surface area contributed by atoms with Crippen molar-refractivity contribution < 1.29 is 9.59 Å². The largest absolute Gasteiger partial charge is 0.354 e. The Balaban J connectivity index is 1.72. The Bertz CT molecular complexity index is 681. The van der Waals surface area contributed by atoms with Gasteiger partial charge in [-0.15, -0.1) is 0 Å². The first-order chi connectivity index (χ1) is 14.1. The molecule has 1 fully saturated rings. The summed E-state index contributed by atoms with van der Waals surface area (Å²) in [6, 6.07) is 9.98. The van der Waals surface area contributed by atoms with E-state index in [0.717, 1.165) is 51.6 Å². The smallest absolute Gasteiger partial charge is 0.236 e. The van der Waals surface area contributed by atoms with E-state index in [1.807, 2.05) is 11.0 Å². The number of hydrogen-bond acceptors (Lipinski definition) is 3. The van der Waals surface area contributed by atoms with Crippen LogP contribution in [0.3, 0.4) is 0 Å². The molecule has 1 aromatic carbocycles. The maximum Gasteiger partial charge on any atom is 0.236 e. The van der Waals surface area contributed by atoms with Crippen molar-refractivity contribution in [2.45, 2.75) is 63.3 Å². The summed E-state index contributed by atoms with van der Waals surface area (Å²) in [5.74, 6) is 0.948. The van der Waals surface area contributed by atoms with E-state index in [1.165, 1.54) is 5.56 Å². The fraction of sp³-hybridized carbons (Fsp3) is 0.583. The van der Waals surface area contributed by atoms with Crippen LogP contribution in [0.15, 0.2) is 42.5 Å². The molecule has 158 valence electrons. The quantitative estimate of drug-likeness (QED) is 0.714. The molecule has 0 radical (unpaired) electrons. The van der Waals surface area contributed by atoms with E-state index in [9.17, 15) is 9.59 Å². The van der Waals surface area contributed by atoms with Crippen LogP contribution >= 0.6 is 0 Å². The molecule has 3 heterocycles. The number of nitrogens with two attached hydrogens (primary N) is 1. The number of amides is 2. The summed E-state index contributed by atoms with van der Waals surface area (Å²) in [6.45, 7) is 2.24. The van der Waals surface area contributed by atoms with Crippen molar-refractivity contribution in [2.24, 2.45) is 11.7 Å². The van der Waals surface area contributed by atoms with Crippen molar-refractivity contribution >= 4 is 11.8 Å². The lowest BCUT2D eigenvalue weighted by Crippen LogP contribution is -2.44. The zero-order chi connectivity index (χ0) is 20.5. The van der Waals surface area contributed by atoms with E-state index in [-0.39, 0.29) is 17.7 Å². The number of carbonyl (C=O) groups is 2. The number of nitrogens with zero attached hydrogens (tertiary/aromatic N) is 1. The minimum atomic E-state index is -0.446. The second-order valence-corrected chi connectivity index (χ2v) is 8.38. The molecule has 0 aromatic heterocycles. The average Bonchev–Trinajstić information content (AvgIpc) is 2.76. The number of fused-ring (bicyclic) bond motifs is 14. The summed E-state index contributed by atoms with van der Waals surface area (Å²) in [5, 5.41) is 3.11. The lowest BCUT2D eigenvalue weighted by atomic mass is 9.79. The Kier molecular flexibility index (Phi) is 8.29. The summed E-state index contributed by atoms with van der Waals surface area (Å²) in [7, 11) is 0. The number of hydrogen-bond donors (Lipinski definition) is 2. The number of rotatable bonds is 1. The lowest BCUT2D eigenvalue weighted by Gasteiger charge is -2.36. The van der Waals surface area contributed by atoms with Crippen LogP contribution in [0.5, 0.6) is 0 Å². The monoisotopic (exact) mass is 397 g/mol. The number of piperidine rings is 1. The van der Waals surface area contributed by atoms with Gasteiger partial charge in [-0.2, -0.15) is 0 Å². The minimum absolute atomic E-state index is 0.0522. The Labute approximate surface area is 174 Å². The van der Waals surface area contributed by atoms with Gasteiger partial charge in [0.15, 0.2) is 0 Å². The van der Waals surface area contributed by atoms with Crippen molar-refractivity contribution in [1.82, 2.24) is 10.2 Å². The maximum absolute atomic E-state index is 12.5. The van der Waals surface area contributed by atoms with E-state index < -0.39 is 6.04 Å². The van der Waals surface area contributed by atoms with Gasteiger partial charge in [0, 0.05) is 32.0 Å². The normalized spacial score (nSPS) is 29.0. The first-order valence-corrected chi connectivity index (χ1v) is 11.2. The van der Waals surface area contributed by atoms with Crippen molar-refractivity contribution in [3.63, 3.8) is 0 Å². The molecule has 2 unspecified atom stereocenters. The predicted molar refractivity (Wildman–Crippen MR) is 116 cm³/mol. The molecule has 0 aliphatic carbocycles. The van der Waals surface area contributed by atoms with Gasteiger partial charge in [-0.05, 0) is 56.4 Å². The third-order valence-corrected chi connectivity index (χ3v) is 6.34. The number of nitrogens with one attached hydrogen (secondary N) is 1. The van der Waals surface area contributed by atoms with E-state index in [1.54, 1.807) is 0 Å². The molecule has 2 amide bonds. The number of carbonyl (C=O) groups excluding carboxylic acids is 2. The molecular formula is C24H35N3O2. The summed E-state index contributed by atoms with van der Waals surface area (Å²) < 4.78 is 0. The summed E-state index contributed by atoms with van der Waals surface area (Å²) >= 11 is 0. The van der Waals surface area contributed by atoms with Crippen molar-refractivity contribution in [1.29, 1.82) is 0 Å². The lowest BCUT2D eigenvalue weighted by molar-refractivity contribution is -0.132. The van der Waals surface area contributed by atoms with Crippen LogP contribution < -0.4 is 11.1 Å². The Hall–Kier alpha value is -2.14. The van der Waals surface area contributed by atoms with Crippen LogP contribution in [-0.4, -0.2) is 42.4 Å². The van der Waals surface area contributed by atoms with Gasteiger partial charge in [-0.3, -0.25) is 9.59 Å².